The molecule has 0 aliphatic carbocycles. The van der Waals surface area contributed by atoms with Crippen LogP contribution in [0, 0.1) is 11.7 Å². The Labute approximate surface area is 123 Å². The highest BCUT2D eigenvalue weighted by atomic mass is 79.9. The van der Waals surface area contributed by atoms with Crippen molar-refractivity contribution in [2.45, 2.75) is 11.3 Å². The van der Waals surface area contributed by atoms with Crippen molar-refractivity contribution >= 4 is 35.7 Å². The molecule has 8 heteroatoms. The maximum atomic E-state index is 13.6. The van der Waals surface area contributed by atoms with E-state index in [0.717, 1.165) is 18.6 Å². The van der Waals surface area contributed by atoms with Crippen LogP contribution >= 0.6 is 26.6 Å². The van der Waals surface area contributed by atoms with Gasteiger partial charge in [0.2, 0.25) is 0 Å². The second-order valence-corrected chi connectivity index (χ2v) is 7.58. The van der Waals surface area contributed by atoms with Crippen molar-refractivity contribution in [1.29, 1.82) is 0 Å². The highest BCUT2D eigenvalue weighted by molar-refractivity contribution is 9.10. The summed E-state index contributed by atoms with van der Waals surface area (Å²) in [6.07, 6.45) is 0.897. The third kappa shape index (κ3) is 3.81. The van der Waals surface area contributed by atoms with E-state index >= 15 is 0 Å². The molecule has 0 spiro atoms. The summed E-state index contributed by atoms with van der Waals surface area (Å²) in [5, 5.41) is 0. The first kappa shape index (κ1) is 15.0. The van der Waals surface area contributed by atoms with E-state index in [9.17, 15) is 12.8 Å². The molecule has 0 saturated carbocycles. The average Bonchev–Trinajstić information content (AvgIpc) is 2.81. The lowest BCUT2D eigenvalue weighted by Crippen LogP contribution is -2.12. The van der Waals surface area contributed by atoms with Gasteiger partial charge >= 0.3 is 0 Å². The molecule has 1 aromatic rings. The summed E-state index contributed by atoms with van der Waals surface area (Å²) >= 11 is 3.14. The molecule has 4 nitrogen and oxygen atoms in total. The predicted octanol–water partition coefficient (Wildman–Crippen LogP) is 2.93. The van der Waals surface area contributed by atoms with E-state index in [-0.39, 0.29) is 11.7 Å². The topological polar surface area (TPSA) is 52.6 Å². The summed E-state index contributed by atoms with van der Waals surface area (Å²) in [5.41, 5.74) is 0. The van der Waals surface area contributed by atoms with Gasteiger partial charge in [0.05, 0.1) is 17.7 Å². The Kier molecular flexibility index (Phi) is 4.70. The molecule has 2 rings (SSSR count). The van der Waals surface area contributed by atoms with Crippen LogP contribution in [0.5, 0.6) is 5.75 Å². The molecule has 1 aliphatic heterocycles. The van der Waals surface area contributed by atoms with Crippen LogP contribution in [0.15, 0.2) is 21.5 Å². The normalized spacial score (nSPS) is 19.6. The summed E-state index contributed by atoms with van der Waals surface area (Å²) in [6.45, 7) is 1.71. The molecule has 1 atom stereocenters. The standard InChI is InChI=1S/C11H11BrClFO4S/c12-8-3-11(19(13,15)16)9(14)4-10(8)18-6-7-1-2-17-5-7/h3-4,7H,1-2,5-6H2. The van der Waals surface area contributed by atoms with Gasteiger partial charge in [0.15, 0.2) is 0 Å². The van der Waals surface area contributed by atoms with Gasteiger partial charge in [-0.25, -0.2) is 12.8 Å². The molecule has 1 saturated heterocycles. The van der Waals surface area contributed by atoms with E-state index in [1.54, 1.807) is 0 Å². The lowest BCUT2D eigenvalue weighted by Gasteiger charge is -2.12. The quantitative estimate of drug-likeness (QED) is 0.762. The first-order chi connectivity index (χ1) is 8.88. The SMILES string of the molecule is O=S(=O)(Cl)c1cc(Br)c(OCC2CCOC2)cc1F. The molecule has 1 heterocycles. The smallest absolute Gasteiger partial charge is 0.264 e. The molecule has 0 bridgehead atoms. The summed E-state index contributed by atoms with van der Waals surface area (Å²) in [4.78, 5) is -0.572. The van der Waals surface area contributed by atoms with Gasteiger partial charge in [-0.15, -0.1) is 0 Å². The summed E-state index contributed by atoms with van der Waals surface area (Å²) in [5.74, 6) is -0.421. The second-order valence-electron chi connectivity index (χ2n) is 4.19. The van der Waals surface area contributed by atoms with Crippen LogP contribution in [-0.2, 0) is 13.8 Å². The Hall–Kier alpha value is -0.370. The third-order valence-corrected chi connectivity index (χ3v) is 4.70. The summed E-state index contributed by atoms with van der Waals surface area (Å²) < 4.78 is 46.9. The minimum absolute atomic E-state index is 0.244. The van der Waals surface area contributed by atoms with E-state index in [0.29, 0.717) is 24.3 Å². The Morgan fingerprint density at radius 3 is 2.84 bits per heavy atom. The highest BCUT2D eigenvalue weighted by Crippen LogP contribution is 2.32. The van der Waals surface area contributed by atoms with Crippen molar-refractivity contribution in [1.82, 2.24) is 0 Å². The van der Waals surface area contributed by atoms with E-state index in [1.807, 2.05) is 0 Å². The highest BCUT2D eigenvalue weighted by Gasteiger charge is 2.21. The van der Waals surface area contributed by atoms with Gasteiger partial charge in [-0.05, 0) is 28.4 Å². The molecule has 0 amide bonds. The van der Waals surface area contributed by atoms with Crippen LogP contribution in [0.1, 0.15) is 6.42 Å². The molecular formula is C11H11BrClFO4S. The zero-order chi connectivity index (χ0) is 14.0. The number of hydrogen-bond acceptors (Lipinski definition) is 4. The molecule has 0 N–H and O–H groups in total. The van der Waals surface area contributed by atoms with Crippen molar-refractivity contribution in [2.75, 3.05) is 19.8 Å². The van der Waals surface area contributed by atoms with Gasteiger partial charge in [-0.1, -0.05) is 0 Å². The van der Waals surface area contributed by atoms with Gasteiger partial charge in [-0.3, -0.25) is 0 Å². The monoisotopic (exact) mass is 372 g/mol. The van der Waals surface area contributed by atoms with Gasteiger partial charge in [0.25, 0.3) is 9.05 Å². The Balaban J connectivity index is 2.16. The van der Waals surface area contributed by atoms with E-state index in [4.69, 9.17) is 20.2 Å². The van der Waals surface area contributed by atoms with Crippen LogP contribution in [0.2, 0.25) is 0 Å². The molecule has 0 radical (unpaired) electrons. The maximum Gasteiger partial charge on any atom is 0.264 e. The first-order valence-corrected chi connectivity index (χ1v) is 8.62. The third-order valence-electron chi connectivity index (χ3n) is 2.75. The number of halogens is 3. The number of hydrogen-bond donors (Lipinski definition) is 0. The first-order valence-electron chi connectivity index (χ1n) is 5.52. The molecule has 0 aromatic heterocycles. The number of benzene rings is 1. The molecular weight excluding hydrogens is 363 g/mol. The van der Waals surface area contributed by atoms with Crippen molar-refractivity contribution in [3.05, 3.63) is 22.4 Å². The maximum absolute atomic E-state index is 13.6. The Bertz CT molecular complexity index is 572. The number of rotatable bonds is 4. The number of ether oxygens (including phenoxy) is 2. The van der Waals surface area contributed by atoms with E-state index < -0.39 is 19.8 Å². The van der Waals surface area contributed by atoms with Crippen LogP contribution in [0.3, 0.4) is 0 Å². The van der Waals surface area contributed by atoms with Crippen LogP contribution < -0.4 is 4.74 Å². The molecule has 1 aliphatic rings. The largest absolute Gasteiger partial charge is 0.492 e. The van der Waals surface area contributed by atoms with Gasteiger partial charge in [0, 0.05) is 29.3 Å². The van der Waals surface area contributed by atoms with Gasteiger partial charge in [-0.2, -0.15) is 0 Å². The zero-order valence-electron chi connectivity index (χ0n) is 9.74. The van der Waals surface area contributed by atoms with Crippen molar-refractivity contribution in [2.24, 2.45) is 5.92 Å². The molecule has 1 unspecified atom stereocenters. The predicted molar refractivity (Wildman–Crippen MR) is 71.6 cm³/mol. The van der Waals surface area contributed by atoms with E-state index in [1.165, 1.54) is 0 Å². The summed E-state index contributed by atoms with van der Waals surface area (Å²) in [7, 11) is 1.01. The van der Waals surface area contributed by atoms with Crippen molar-refractivity contribution in [3.63, 3.8) is 0 Å². The van der Waals surface area contributed by atoms with Crippen LogP contribution in [0.4, 0.5) is 4.39 Å². The second kappa shape index (κ2) is 5.95. The molecule has 1 aromatic carbocycles. The van der Waals surface area contributed by atoms with Crippen molar-refractivity contribution in [3.8, 4) is 5.75 Å². The fourth-order valence-corrected chi connectivity index (χ4v) is 3.24. The fraction of sp³-hybridized carbons (Fsp3) is 0.455. The summed E-state index contributed by atoms with van der Waals surface area (Å²) in [6, 6.07) is 2.10. The Morgan fingerprint density at radius 2 is 2.26 bits per heavy atom. The average molecular weight is 374 g/mol. The lowest BCUT2D eigenvalue weighted by molar-refractivity contribution is 0.166. The minimum atomic E-state index is -4.11. The fourth-order valence-electron chi connectivity index (χ4n) is 1.73. The lowest BCUT2D eigenvalue weighted by atomic mass is 10.1. The van der Waals surface area contributed by atoms with E-state index in [2.05, 4.69) is 15.9 Å². The Morgan fingerprint density at radius 1 is 1.53 bits per heavy atom. The van der Waals surface area contributed by atoms with Crippen LogP contribution in [0.25, 0.3) is 0 Å². The van der Waals surface area contributed by atoms with Crippen LogP contribution in [-0.4, -0.2) is 28.2 Å². The molecule has 1 fully saturated rings. The van der Waals surface area contributed by atoms with Gasteiger partial charge in [0.1, 0.15) is 16.5 Å². The molecule has 106 valence electrons. The zero-order valence-corrected chi connectivity index (χ0v) is 12.9. The minimum Gasteiger partial charge on any atom is -0.492 e. The molecule has 19 heavy (non-hydrogen) atoms. The van der Waals surface area contributed by atoms with Gasteiger partial charge < -0.3 is 9.47 Å². The van der Waals surface area contributed by atoms with Crippen molar-refractivity contribution < 1.29 is 22.3 Å².